The standard InChI is InChI=1S/C16H12F3NO3/c1-9-20-15(21)13-8-11(4-7-14(13)22-9)10-2-5-12(6-3-10)23-16(17,18)19/h2-9H,1H3,(H,20,21). The lowest BCUT2D eigenvalue weighted by Crippen LogP contribution is -2.41. The third kappa shape index (κ3) is 3.39. The van der Waals surface area contributed by atoms with Gasteiger partial charge in [-0.25, -0.2) is 0 Å². The van der Waals surface area contributed by atoms with Gasteiger partial charge in [0.15, 0.2) is 6.23 Å². The fourth-order valence-corrected chi connectivity index (χ4v) is 2.32. The Bertz CT molecular complexity index is 741. The average Bonchev–Trinajstić information content (AvgIpc) is 2.46. The third-order valence-electron chi connectivity index (χ3n) is 3.28. The van der Waals surface area contributed by atoms with E-state index in [4.69, 9.17) is 4.74 Å². The topological polar surface area (TPSA) is 47.6 Å². The normalized spacial score (nSPS) is 17.0. The summed E-state index contributed by atoms with van der Waals surface area (Å²) in [5.41, 5.74) is 1.74. The largest absolute Gasteiger partial charge is 0.573 e. The van der Waals surface area contributed by atoms with Gasteiger partial charge in [-0.05, 0) is 42.3 Å². The van der Waals surface area contributed by atoms with Crippen molar-refractivity contribution >= 4 is 5.91 Å². The number of hydrogen-bond acceptors (Lipinski definition) is 3. The number of nitrogens with one attached hydrogen (secondary N) is 1. The number of hydrogen-bond donors (Lipinski definition) is 1. The lowest BCUT2D eigenvalue weighted by molar-refractivity contribution is -0.274. The van der Waals surface area contributed by atoms with Crippen LogP contribution < -0.4 is 14.8 Å². The molecule has 0 saturated carbocycles. The summed E-state index contributed by atoms with van der Waals surface area (Å²) < 4.78 is 45.8. The number of carbonyl (C=O) groups is 1. The Morgan fingerprint density at radius 1 is 1.09 bits per heavy atom. The second kappa shape index (κ2) is 5.49. The molecule has 0 spiro atoms. The van der Waals surface area contributed by atoms with Gasteiger partial charge in [0.05, 0.1) is 5.56 Å². The lowest BCUT2D eigenvalue weighted by atomic mass is 10.0. The Balaban J connectivity index is 1.88. The number of fused-ring (bicyclic) bond motifs is 1. The molecule has 1 aliphatic heterocycles. The molecular weight excluding hydrogens is 311 g/mol. The molecule has 4 nitrogen and oxygen atoms in total. The van der Waals surface area contributed by atoms with E-state index in [1.807, 2.05) is 0 Å². The maximum atomic E-state index is 12.1. The summed E-state index contributed by atoms with van der Waals surface area (Å²) in [6.07, 6.45) is -5.13. The molecule has 120 valence electrons. The molecule has 7 heteroatoms. The lowest BCUT2D eigenvalue weighted by Gasteiger charge is -2.24. The van der Waals surface area contributed by atoms with Gasteiger partial charge in [0.1, 0.15) is 11.5 Å². The van der Waals surface area contributed by atoms with Crippen LogP contribution in [-0.4, -0.2) is 18.5 Å². The second-order valence-corrected chi connectivity index (χ2v) is 5.02. The molecular formula is C16H12F3NO3. The van der Waals surface area contributed by atoms with Crippen molar-refractivity contribution < 1.29 is 27.4 Å². The highest BCUT2D eigenvalue weighted by atomic mass is 19.4. The molecule has 2 aromatic carbocycles. The Kier molecular flexibility index (Phi) is 3.63. The number of ether oxygens (including phenoxy) is 2. The van der Waals surface area contributed by atoms with E-state index in [2.05, 4.69) is 10.1 Å². The highest BCUT2D eigenvalue weighted by Crippen LogP contribution is 2.31. The molecule has 1 N–H and O–H groups in total. The van der Waals surface area contributed by atoms with E-state index in [9.17, 15) is 18.0 Å². The minimum atomic E-state index is -4.72. The van der Waals surface area contributed by atoms with Gasteiger partial charge in [0.2, 0.25) is 0 Å². The molecule has 0 fully saturated rings. The van der Waals surface area contributed by atoms with Crippen LogP contribution >= 0.6 is 0 Å². The summed E-state index contributed by atoms with van der Waals surface area (Å²) in [5.74, 6) is -0.0752. The van der Waals surface area contributed by atoms with E-state index in [0.717, 1.165) is 0 Å². The van der Waals surface area contributed by atoms with Crippen LogP contribution in [-0.2, 0) is 0 Å². The smallest absolute Gasteiger partial charge is 0.470 e. The zero-order valence-electron chi connectivity index (χ0n) is 12.0. The summed E-state index contributed by atoms with van der Waals surface area (Å²) in [5, 5.41) is 2.64. The van der Waals surface area contributed by atoms with E-state index >= 15 is 0 Å². The molecule has 0 aromatic heterocycles. The molecule has 1 heterocycles. The van der Waals surface area contributed by atoms with Crippen molar-refractivity contribution in [3.8, 4) is 22.6 Å². The molecule has 1 atom stereocenters. The van der Waals surface area contributed by atoms with Crippen molar-refractivity contribution in [3.63, 3.8) is 0 Å². The van der Waals surface area contributed by atoms with Crippen molar-refractivity contribution in [1.82, 2.24) is 5.32 Å². The maximum Gasteiger partial charge on any atom is 0.573 e. The zero-order valence-corrected chi connectivity index (χ0v) is 12.0. The van der Waals surface area contributed by atoms with Gasteiger partial charge in [-0.15, -0.1) is 13.2 Å². The quantitative estimate of drug-likeness (QED) is 0.916. The number of rotatable bonds is 2. The van der Waals surface area contributed by atoms with Crippen molar-refractivity contribution in [2.24, 2.45) is 0 Å². The number of amides is 1. The molecule has 1 amide bonds. The molecule has 1 aliphatic rings. The predicted molar refractivity (Wildman–Crippen MR) is 76.1 cm³/mol. The Morgan fingerprint density at radius 3 is 2.39 bits per heavy atom. The molecule has 0 aliphatic carbocycles. The first-order valence-corrected chi connectivity index (χ1v) is 6.79. The van der Waals surface area contributed by atoms with Gasteiger partial charge in [0, 0.05) is 0 Å². The van der Waals surface area contributed by atoms with Gasteiger partial charge in [0.25, 0.3) is 5.91 Å². The first-order chi connectivity index (χ1) is 10.8. The highest BCUT2D eigenvalue weighted by Gasteiger charge is 2.31. The van der Waals surface area contributed by atoms with Crippen LogP contribution in [0.4, 0.5) is 13.2 Å². The number of halogens is 3. The van der Waals surface area contributed by atoms with Crippen LogP contribution in [0.3, 0.4) is 0 Å². The van der Waals surface area contributed by atoms with Crippen LogP contribution in [0.5, 0.6) is 11.5 Å². The third-order valence-corrected chi connectivity index (χ3v) is 3.28. The molecule has 0 bridgehead atoms. The minimum absolute atomic E-state index is 0.252. The zero-order chi connectivity index (χ0) is 16.6. The second-order valence-electron chi connectivity index (χ2n) is 5.02. The summed E-state index contributed by atoms with van der Waals surface area (Å²) in [4.78, 5) is 12.0. The Morgan fingerprint density at radius 2 is 1.74 bits per heavy atom. The SMILES string of the molecule is CC1NC(=O)c2cc(-c3ccc(OC(F)(F)F)cc3)ccc2O1. The van der Waals surface area contributed by atoms with Crippen molar-refractivity contribution in [3.05, 3.63) is 48.0 Å². The van der Waals surface area contributed by atoms with Crippen LogP contribution in [0.2, 0.25) is 0 Å². The van der Waals surface area contributed by atoms with E-state index in [1.54, 1.807) is 25.1 Å². The molecule has 1 unspecified atom stereocenters. The van der Waals surface area contributed by atoms with Crippen LogP contribution in [0, 0.1) is 0 Å². The van der Waals surface area contributed by atoms with E-state index in [-0.39, 0.29) is 11.7 Å². The number of alkyl halides is 3. The highest BCUT2D eigenvalue weighted by molar-refractivity contribution is 5.99. The summed E-state index contributed by atoms with van der Waals surface area (Å²) in [6.45, 7) is 1.72. The van der Waals surface area contributed by atoms with Gasteiger partial charge in [-0.1, -0.05) is 18.2 Å². The Labute approximate surface area is 129 Å². The van der Waals surface area contributed by atoms with E-state index in [0.29, 0.717) is 22.4 Å². The summed E-state index contributed by atoms with van der Waals surface area (Å²) in [7, 11) is 0. The maximum absolute atomic E-state index is 12.1. The van der Waals surface area contributed by atoms with Crippen molar-refractivity contribution in [1.29, 1.82) is 0 Å². The summed E-state index contributed by atoms with van der Waals surface area (Å²) >= 11 is 0. The van der Waals surface area contributed by atoms with E-state index in [1.165, 1.54) is 24.3 Å². The number of carbonyl (C=O) groups excluding carboxylic acids is 1. The van der Waals surface area contributed by atoms with Gasteiger partial charge >= 0.3 is 6.36 Å². The molecule has 0 saturated heterocycles. The van der Waals surface area contributed by atoms with Crippen LogP contribution in [0.1, 0.15) is 17.3 Å². The first-order valence-electron chi connectivity index (χ1n) is 6.79. The monoisotopic (exact) mass is 323 g/mol. The minimum Gasteiger partial charge on any atom is -0.470 e. The molecule has 3 rings (SSSR count). The Hall–Kier alpha value is -2.70. The molecule has 0 radical (unpaired) electrons. The summed E-state index contributed by atoms with van der Waals surface area (Å²) in [6, 6.07) is 10.5. The van der Waals surface area contributed by atoms with Crippen LogP contribution in [0.15, 0.2) is 42.5 Å². The predicted octanol–water partition coefficient (Wildman–Crippen LogP) is 3.72. The average molecular weight is 323 g/mol. The first kappa shape index (κ1) is 15.2. The van der Waals surface area contributed by atoms with Crippen LogP contribution in [0.25, 0.3) is 11.1 Å². The van der Waals surface area contributed by atoms with Gasteiger partial charge in [-0.2, -0.15) is 0 Å². The van der Waals surface area contributed by atoms with Crippen molar-refractivity contribution in [2.75, 3.05) is 0 Å². The fourth-order valence-electron chi connectivity index (χ4n) is 2.32. The van der Waals surface area contributed by atoms with E-state index < -0.39 is 12.6 Å². The fraction of sp³-hybridized carbons (Fsp3) is 0.188. The van der Waals surface area contributed by atoms with Gasteiger partial charge < -0.3 is 14.8 Å². The number of benzene rings is 2. The molecule has 2 aromatic rings. The van der Waals surface area contributed by atoms with Crippen molar-refractivity contribution in [2.45, 2.75) is 19.5 Å². The van der Waals surface area contributed by atoms with Gasteiger partial charge in [-0.3, -0.25) is 4.79 Å². The molecule has 23 heavy (non-hydrogen) atoms.